The van der Waals surface area contributed by atoms with Gasteiger partial charge in [-0.2, -0.15) is 5.26 Å². The molecule has 0 heterocycles. The van der Waals surface area contributed by atoms with Crippen molar-refractivity contribution in [2.24, 2.45) is 5.92 Å². The van der Waals surface area contributed by atoms with Crippen LogP contribution in [0.4, 0.5) is 0 Å². The van der Waals surface area contributed by atoms with Crippen LogP contribution in [0.15, 0.2) is 24.3 Å². The molecule has 1 heteroatoms. The lowest BCUT2D eigenvalue weighted by Gasteiger charge is -2.24. The Hall–Kier alpha value is -1.29. The molecule has 2 atom stereocenters. The lowest BCUT2D eigenvalue weighted by atomic mass is 9.80. The van der Waals surface area contributed by atoms with Crippen molar-refractivity contribution >= 4 is 0 Å². The Balaban J connectivity index is 2.33. The number of nitrogens with zero attached hydrogens (tertiary/aromatic N) is 1. The van der Waals surface area contributed by atoms with Gasteiger partial charge in [-0.05, 0) is 48.3 Å². The molecule has 0 saturated heterocycles. The molecular weight excluding hydrogens is 182 g/mol. The Kier molecular flexibility index (Phi) is 2.52. The number of rotatable bonds is 1. The molecule has 0 amide bonds. The molecule has 0 N–H and O–H groups in total. The van der Waals surface area contributed by atoms with Crippen LogP contribution in [0.2, 0.25) is 0 Å². The molecule has 0 aromatic heterocycles. The first-order chi connectivity index (χ1) is 7.14. The molecule has 78 valence electrons. The highest BCUT2D eigenvalue weighted by atomic mass is 14.4. The molecule has 1 aromatic carbocycles. The van der Waals surface area contributed by atoms with E-state index in [1.807, 2.05) is 12.1 Å². The number of nitriles is 1. The van der Waals surface area contributed by atoms with E-state index < -0.39 is 0 Å². The highest BCUT2D eigenvalue weighted by Gasteiger charge is 2.34. The third kappa shape index (κ3) is 1.90. The molecule has 0 spiro atoms. The van der Waals surface area contributed by atoms with Crippen molar-refractivity contribution in [3.63, 3.8) is 0 Å². The zero-order valence-electron chi connectivity index (χ0n) is 9.46. The van der Waals surface area contributed by atoms with Gasteiger partial charge in [0.15, 0.2) is 0 Å². The first kappa shape index (κ1) is 10.2. The molecule has 1 aliphatic carbocycles. The quantitative estimate of drug-likeness (QED) is 0.677. The number of hydrogen-bond donors (Lipinski definition) is 0. The Morgan fingerprint density at radius 2 is 2.27 bits per heavy atom. The van der Waals surface area contributed by atoms with E-state index in [1.54, 1.807) is 0 Å². The molecule has 2 unspecified atom stereocenters. The molecule has 1 nitrogen and oxygen atoms in total. The molecule has 0 aliphatic heterocycles. The minimum Gasteiger partial charge on any atom is -0.192 e. The van der Waals surface area contributed by atoms with Crippen LogP contribution in [-0.4, -0.2) is 0 Å². The fourth-order valence-electron chi connectivity index (χ4n) is 2.76. The number of hydrogen-bond acceptors (Lipinski definition) is 1. The van der Waals surface area contributed by atoms with E-state index in [-0.39, 0.29) is 0 Å². The van der Waals surface area contributed by atoms with Crippen LogP contribution < -0.4 is 0 Å². The normalized spacial score (nSPS) is 30.1. The average Bonchev–Trinajstić information content (AvgIpc) is 2.60. The summed E-state index contributed by atoms with van der Waals surface area (Å²) in [5, 5.41) is 8.89. The summed E-state index contributed by atoms with van der Waals surface area (Å²) in [7, 11) is 0. The summed E-state index contributed by atoms with van der Waals surface area (Å²) < 4.78 is 0. The van der Waals surface area contributed by atoms with Gasteiger partial charge in [0.2, 0.25) is 0 Å². The van der Waals surface area contributed by atoms with Crippen LogP contribution in [-0.2, 0) is 5.41 Å². The summed E-state index contributed by atoms with van der Waals surface area (Å²) in [6.45, 7) is 4.65. The van der Waals surface area contributed by atoms with Gasteiger partial charge in [-0.3, -0.25) is 0 Å². The van der Waals surface area contributed by atoms with Crippen LogP contribution in [0, 0.1) is 17.2 Å². The van der Waals surface area contributed by atoms with E-state index in [1.165, 1.54) is 24.8 Å². The maximum atomic E-state index is 8.89. The second-order valence-corrected chi connectivity index (χ2v) is 5.10. The van der Waals surface area contributed by atoms with Crippen LogP contribution in [0.1, 0.15) is 44.2 Å². The topological polar surface area (TPSA) is 23.8 Å². The van der Waals surface area contributed by atoms with Crippen molar-refractivity contribution in [2.45, 2.75) is 38.5 Å². The standard InChI is InChI=1S/C14H17N/c1-11-6-7-14(2,9-11)13-5-3-4-12(8-13)10-15/h3-5,8,11H,6-7,9H2,1-2H3. The molecular formula is C14H17N. The molecule has 1 aliphatic rings. The van der Waals surface area contributed by atoms with E-state index in [9.17, 15) is 0 Å². The lowest BCUT2D eigenvalue weighted by molar-refractivity contribution is 0.466. The van der Waals surface area contributed by atoms with Crippen molar-refractivity contribution < 1.29 is 0 Å². The largest absolute Gasteiger partial charge is 0.192 e. The van der Waals surface area contributed by atoms with Gasteiger partial charge < -0.3 is 0 Å². The Labute approximate surface area is 91.7 Å². The van der Waals surface area contributed by atoms with Crippen LogP contribution >= 0.6 is 0 Å². The van der Waals surface area contributed by atoms with Crippen molar-refractivity contribution in [3.05, 3.63) is 35.4 Å². The monoisotopic (exact) mass is 199 g/mol. The molecule has 0 radical (unpaired) electrons. The van der Waals surface area contributed by atoms with Crippen molar-refractivity contribution in [2.75, 3.05) is 0 Å². The minimum atomic E-state index is 0.298. The summed E-state index contributed by atoms with van der Waals surface area (Å²) in [5.74, 6) is 0.820. The first-order valence-corrected chi connectivity index (χ1v) is 5.65. The van der Waals surface area contributed by atoms with Crippen LogP contribution in [0.5, 0.6) is 0 Å². The van der Waals surface area contributed by atoms with Crippen LogP contribution in [0.3, 0.4) is 0 Å². The van der Waals surface area contributed by atoms with Crippen molar-refractivity contribution in [1.82, 2.24) is 0 Å². The predicted octanol–water partition coefficient (Wildman–Crippen LogP) is 3.64. The molecule has 0 bridgehead atoms. The zero-order chi connectivity index (χ0) is 10.9. The van der Waals surface area contributed by atoms with Gasteiger partial charge in [0.05, 0.1) is 11.6 Å². The Morgan fingerprint density at radius 1 is 1.47 bits per heavy atom. The minimum absolute atomic E-state index is 0.298. The van der Waals surface area contributed by atoms with Gasteiger partial charge in [0.1, 0.15) is 0 Å². The zero-order valence-corrected chi connectivity index (χ0v) is 9.46. The summed E-state index contributed by atoms with van der Waals surface area (Å²) in [6.07, 6.45) is 3.82. The SMILES string of the molecule is CC1CCC(C)(c2cccc(C#N)c2)C1. The van der Waals surface area contributed by atoms with Gasteiger partial charge >= 0.3 is 0 Å². The fraction of sp³-hybridized carbons (Fsp3) is 0.500. The second-order valence-electron chi connectivity index (χ2n) is 5.10. The van der Waals surface area contributed by atoms with E-state index in [2.05, 4.69) is 32.0 Å². The van der Waals surface area contributed by atoms with Gasteiger partial charge in [-0.1, -0.05) is 26.0 Å². The van der Waals surface area contributed by atoms with Gasteiger partial charge in [0.25, 0.3) is 0 Å². The van der Waals surface area contributed by atoms with E-state index in [4.69, 9.17) is 5.26 Å². The highest BCUT2D eigenvalue weighted by Crippen LogP contribution is 2.43. The lowest BCUT2D eigenvalue weighted by Crippen LogP contribution is -2.17. The third-order valence-corrected chi connectivity index (χ3v) is 3.68. The van der Waals surface area contributed by atoms with Gasteiger partial charge in [-0.25, -0.2) is 0 Å². The summed E-state index contributed by atoms with van der Waals surface area (Å²) in [4.78, 5) is 0. The number of benzene rings is 1. The van der Waals surface area contributed by atoms with Crippen molar-refractivity contribution in [1.29, 1.82) is 5.26 Å². The van der Waals surface area contributed by atoms with E-state index in [0.717, 1.165) is 11.5 Å². The molecule has 1 aromatic rings. The smallest absolute Gasteiger partial charge is 0.0991 e. The van der Waals surface area contributed by atoms with Crippen molar-refractivity contribution in [3.8, 4) is 6.07 Å². The third-order valence-electron chi connectivity index (χ3n) is 3.68. The molecule has 15 heavy (non-hydrogen) atoms. The van der Waals surface area contributed by atoms with E-state index >= 15 is 0 Å². The second kappa shape index (κ2) is 3.70. The predicted molar refractivity (Wildman–Crippen MR) is 61.5 cm³/mol. The molecule has 2 rings (SSSR count). The van der Waals surface area contributed by atoms with Gasteiger partial charge in [0, 0.05) is 0 Å². The Morgan fingerprint density at radius 3 is 2.87 bits per heavy atom. The maximum Gasteiger partial charge on any atom is 0.0991 e. The summed E-state index contributed by atoms with van der Waals surface area (Å²) in [5.41, 5.74) is 2.42. The average molecular weight is 199 g/mol. The summed E-state index contributed by atoms with van der Waals surface area (Å²) in [6, 6.07) is 10.3. The first-order valence-electron chi connectivity index (χ1n) is 5.65. The Bertz CT molecular complexity index is 402. The van der Waals surface area contributed by atoms with Gasteiger partial charge in [-0.15, -0.1) is 0 Å². The maximum absolute atomic E-state index is 8.89. The molecule has 1 fully saturated rings. The van der Waals surface area contributed by atoms with Crippen LogP contribution in [0.25, 0.3) is 0 Å². The fourth-order valence-corrected chi connectivity index (χ4v) is 2.76. The molecule has 1 saturated carbocycles. The summed E-state index contributed by atoms with van der Waals surface area (Å²) >= 11 is 0. The van der Waals surface area contributed by atoms with E-state index in [0.29, 0.717) is 5.41 Å². The highest BCUT2D eigenvalue weighted by molar-refractivity contribution is 5.36.